The van der Waals surface area contributed by atoms with Crippen molar-refractivity contribution in [2.24, 2.45) is 0 Å². The molecule has 0 aromatic rings. The Balaban J connectivity index is 4.28. The Morgan fingerprint density at radius 1 is 1.40 bits per heavy atom. The van der Waals surface area contributed by atoms with Crippen LogP contribution in [0.5, 0.6) is 0 Å². The molecule has 0 aliphatic rings. The minimum atomic E-state index is -3.17. The van der Waals surface area contributed by atoms with Gasteiger partial charge in [-0.25, -0.2) is 8.42 Å². The highest BCUT2D eigenvalue weighted by Gasteiger charge is 2.18. The molecule has 0 unspecified atom stereocenters. The summed E-state index contributed by atoms with van der Waals surface area (Å²) in [5.41, 5.74) is 0. The second-order valence-corrected chi connectivity index (χ2v) is 5.48. The zero-order chi connectivity index (χ0) is 11.7. The summed E-state index contributed by atoms with van der Waals surface area (Å²) < 4.78 is 25.0. The highest BCUT2D eigenvalue weighted by molar-refractivity contribution is 7.89. The molecule has 0 amide bonds. The lowest BCUT2D eigenvalue weighted by atomic mass is 10.4. The van der Waals surface area contributed by atoms with Crippen molar-refractivity contribution in [2.45, 2.75) is 26.2 Å². The van der Waals surface area contributed by atoms with E-state index in [1.807, 2.05) is 6.92 Å². The van der Waals surface area contributed by atoms with E-state index < -0.39 is 10.0 Å². The molecule has 0 saturated carbocycles. The maximum Gasteiger partial charge on any atom is 0.214 e. The molecule has 0 bridgehead atoms. The molecule has 5 heteroatoms. The van der Waals surface area contributed by atoms with Crippen molar-refractivity contribution >= 4 is 10.0 Å². The van der Waals surface area contributed by atoms with Gasteiger partial charge in [-0.15, -0.1) is 6.58 Å². The van der Waals surface area contributed by atoms with E-state index in [2.05, 4.69) is 6.58 Å². The number of sulfonamides is 1. The molecule has 0 heterocycles. The maximum absolute atomic E-state index is 11.8. The molecule has 0 atom stereocenters. The smallest absolute Gasteiger partial charge is 0.214 e. The lowest BCUT2D eigenvalue weighted by molar-refractivity contribution is 0.287. The molecule has 0 fully saturated rings. The predicted octanol–water partition coefficient (Wildman–Crippen LogP) is 0.987. The zero-order valence-electron chi connectivity index (χ0n) is 9.35. The van der Waals surface area contributed by atoms with E-state index in [1.165, 1.54) is 4.31 Å². The average molecular weight is 235 g/mol. The molecule has 0 saturated heterocycles. The van der Waals surface area contributed by atoms with E-state index in [1.54, 1.807) is 6.08 Å². The molecule has 15 heavy (non-hydrogen) atoms. The van der Waals surface area contributed by atoms with Crippen LogP contribution in [0.3, 0.4) is 0 Å². The van der Waals surface area contributed by atoms with Crippen molar-refractivity contribution in [2.75, 3.05) is 25.4 Å². The Labute approximate surface area is 92.6 Å². The Morgan fingerprint density at radius 2 is 2.07 bits per heavy atom. The van der Waals surface area contributed by atoms with Crippen molar-refractivity contribution in [1.82, 2.24) is 4.31 Å². The summed E-state index contributed by atoms with van der Waals surface area (Å²) in [5, 5.41) is 8.58. The highest BCUT2D eigenvalue weighted by Crippen LogP contribution is 2.06. The van der Waals surface area contributed by atoms with Gasteiger partial charge < -0.3 is 5.11 Å². The van der Waals surface area contributed by atoms with Crippen LogP contribution >= 0.6 is 0 Å². The largest absolute Gasteiger partial charge is 0.396 e. The Bertz CT molecular complexity index is 262. The van der Waals surface area contributed by atoms with Crippen LogP contribution in [0.4, 0.5) is 0 Å². The second kappa shape index (κ2) is 7.84. The Hall–Kier alpha value is -0.390. The quantitative estimate of drug-likeness (QED) is 0.479. The van der Waals surface area contributed by atoms with Gasteiger partial charge in [-0.05, 0) is 19.3 Å². The van der Waals surface area contributed by atoms with Gasteiger partial charge in [0, 0.05) is 19.7 Å². The van der Waals surface area contributed by atoms with Crippen LogP contribution in [0, 0.1) is 0 Å². The van der Waals surface area contributed by atoms with Crippen LogP contribution in [0.2, 0.25) is 0 Å². The summed E-state index contributed by atoms with van der Waals surface area (Å²) in [6, 6.07) is 0. The van der Waals surface area contributed by atoms with Crippen LogP contribution < -0.4 is 0 Å². The van der Waals surface area contributed by atoms with E-state index >= 15 is 0 Å². The molecular formula is C10H21NO3S. The first-order chi connectivity index (χ1) is 7.08. The third kappa shape index (κ3) is 5.92. The minimum Gasteiger partial charge on any atom is -0.396 e. The van der Waals surface area contributed by atoms with Crippen LogP contribution in [0.1, 0.15) is 26.2 Å². The van der Waals surface area contributed by atoms with Crippen molar-refractivity contribution in [3.8, 4) is 0 Å². The molecule has 0 aromatic heterocycles. The molecule has 0 aliphatic carbocycles. The molecule has 1 N–H and O–H groups in total. The van der Waals surface area contributed by atoms with Gasteiger partial charge in [0.1, 0.15) is 0 Å². The summed E-state index contributed by atoms with van der Waals surface area (Å²) in [6.07, 6.45) is 3.44. The molecule has 0 radical (unpaired) electrons. The molecule has 0 aromatic carbocycles. The fourth-order valence-corrected chi connectivity index (χ4v) is 2.88. The summed E-state index contributed by atoms with van der Waals surface area (Å²) in [4.78, 5) is 0. The van der Waals surface area contributed by atoms with Crippen molar-refractivity contribution < 1.29 is 13.5 Å². The monoisotopic (exact) mass is 235 g/mol. The number of hydrogen-bond donors (Lipinski definition) is 1. The fraction of sp³-hybridized carbons (Fsp3) is 0.800. The topological polar surface area (TPSA) is 57.6 Å². The number of hydrogen-bond acceptors (Lipinski definition) is 3. The normalized spacial score (nSPS) is 11.9. The van der Waals surface area contributed by atoms with Gasteiger partial charge in [0.15, 0.2) is 0 Å². The van der Waals surface area contributed by atoms with Crippen LogP contribution in [0.15, 0.2) is 12.7 Å². The van der Waals surface area contributed by atoms with Crippen molar-refractivity contribution in [1.29, 1.82) is 0 Å². The van der Waals surface area contributed by atoms with Crippen LogP contribution in [-0.2, 0) is 10.0 Å². The van der Waals surface area contributed by atoms with Gasteiger partial charge in [0.25, 0.3) is 0 Å². The van der Waals surface area contributed by atoms with Gasteiger partial charge in [-0.1, -0.05) is 13.0 Å². The predicted molar refractivity (Wildman–Crippen MR) is 62.2 cm³/mol. The maximum atomic E-state index is 11.8. The van der Waals surface area contributed by atoms with E-state index in [0.717, 1.165) is 6.42 Å². The first-order valence-electron chi connectivity index (χ1n) is 5.28. The number of nitrogens with zero attached hydrogens (tertiary/aromatic N) is 1. The summed E-state index contributed by atoms with van der Waals surface area (Å²) in [6.45, 7) is 6.44. The molecule has 0 spiro atoms. The van der Waals surface area contributed by atoms with E-state index in [-0.39, 0.29) is 12.4 Å². The Kier molecular flexibility index (Phi) is 7.64. The zero-order valence-corrected chi connectivity index (χ0v) is 10.2. The summed E-state index contributed by atoms with van der Waals surface area (Å²) in [5.74, 6) is 0.113. The standard InChI is InChI=1S/C10H21NO3S/c1-3-7-11(8-4-2)15(13,14)10-6-5-9-12/h3,12H,1,4-10H2,2H3. The Morgan fingerprint density at radius 3 is 2.53 bits per heavy atom. The van der Waals surface area contributed by atoms with Gasteiger partial charge in [0.2, 0.25) is 10.0 Å². The molecule has 4 nitrogen and oxygen atoms in total. The van der Waals surface area contributed by atoms with Crippen molar-refractivity contribution in [3.63, 3.8) is 0 Å². The van der Waals surface area contributed by atoms with E-state index in [4.69, 9.17) is 5.11 Å². The SMILES string of the molecule is C=CCN(CCC)S(=O)(=O)CCCCO. The third-order valence-corrected chi connectivity index (χ3v) is 3.93. The highest BCUT2D eigenvalue weighted by atomic mass is 32.2. The number of aliphatic hydroxyl groups is 1. The molecule has 0 aliphatic heterocycles. The summed E-state index contributed by atoms with van der Waals surface area (Å²) in [7, 11) is -3.17. The average Bonchev–Trinajstić information content (AvgIpc) is 2.18. The van der Waals surface area contributed by atoms with Gasteiger partial charge in [-0.2, -0.15) is 4.31 Å². The van der Waals surface area contributed by atoms with Crippen molar-refractivity contribution in [3.05, 3.63) is 12.7 Å². The van der Waals surface area contributed by atoms with Gasteiger partial charge >= 0.3 is 0 Å². The second-order valence-electron chi connectivity index (χ2n) is 3.39. The first-order valence-corrected chi connectivity index (χ1v) is 6.89. The minimum absolute atomic E-state index is 0.0464. The first kappa shape index (κ1) is 14.6. The third-order valence-electron chi connectivity index (χ3n) is 2.01. The number of rotatable bonds is 9. The summed E-state index contributed by atoms with van der Waals surface area (Å²) >= 11 is 0. The number of aliphatic hydroxyl groups excluding tert-OH is 1. The van der Waals surface area contributed by atoms with Gasteiger partial charge in [0.05, 0.1) is 5.75 Å². The van der Waals surface area contributed by atoms with Crippen LogP contribution in [0.25, 0.3) is 0 Å². The van der Waals surface area contributed by atoms with Gasteiger partial charge in [-0.3, -0.25) is 0 Å². The molecule has 0 rings (SSSR count). The molecule has 90 valence electrons. The van der Waals surface area contributed by atoms with Crippen LogP contribution in [-0.4, -0.2) is 43.3 Å². The van der Waals surface area contributed by atoms with E-state index in [9.17, 15) is 8.42 Å². The lowest BCUT2D eigenvalue weighted by Gasteiger charge is -2.19. The fourth-order valence-electron chi connectivity index (χ4n) is 1.26. The number of unbranched alkanes of at least 4 members (excludes halogenated alkanes) is 1. The molecular weight excluding hydrogens is 214 g/mol. The van der Waals surface area contributed by atoms with E-state index in [0.29, 0.717) is 25.9 Å². The lowest BCUT2D eigenvalue weighted by Crippen LogP contribution is -2.33.